The smallest absolute Gasteiger partial charge is 0.303 e. The lowest BCUT2D eigenvalue weighted by Crippen LogP contribution is -2.16. The van der Waals surface area contributed by atoms with Crippen LogP contribution in [0.4, 0.5) is 0 Å². The number of carbonyl (C=O) groups excluding carboxylic acids is 1. The molecule has 0 saturated carbocycles. The van der Waals surface area contributed by atoms with Gasteiger partial charge in [-0.15, -0.1) is 0 Å². The summed E-state index contributed by atoms with van der Waals surface area (Å²) in [6.07, 6.45) is 12.7. The molecule has 4 nitrogen and oxygen atoms in total. The summed E-state index contributed by atoms with van der Waals surface area (Å²) >= 11 is 0. The van der Waals surface area contributed by atoms with Crippen LogP contribution in [-0.4, -0.2) is 24.0 Å². The molecule has 0 fully saturated rings. The first-order chi connectivity index (χ1) is 9.58. The van der Waals surface area contributed by atoms with E-state index in [9.17, 15) is 9.59 Å². The Bertz CT molecular complexity index is 230. The number of hydrogen-bond acceptors (Lipinski definition) is 2. The van der Waals surface area contributed by atoms with Gasteiger partial charge in [-0.1, -0.05) is 65.2 Å². The standard InChI is InChI=1S/C13H27NO.C3H6O2/c1-3-4-5-6-7-8-9-10-11-12-13(15)14-2;1-2-3(4)5/h3-12H2,1-2H3,(H,14,15);2H2,1H3,(H,4,5). The van der Waals surface area contributed by atoms with E-state index in [2.05, 4.69) is 12.2 Å². The molecular weight excluding hydrogens is 254 g/mol. The molecule has 4 heteroatoms. The van der Waals surface area contributed by atoms with Crippen LogP contribution in [0.15, 0.2) is 0 Å². The molecule has 0 aromatic heterocycles. The number of amides is 1. The van der Waals surface area contributed by atoms with E-state index in [1.807, 2.05) is 0 Å². The van der Waals surface area contributed by atoms with Crippen LogP contribution >= 0.6 is 0 Å². The Morgan fingerprint density at radius 3 is 1.60 bits per heavy atom. The van der Waals surface area contributed by atoms with Crippen LogP contribution in [0.25, 0.3) is 0 Å². The fourth-order valence-corrected chi connectivity index (χ4v) is 1.72. The molecule has 0 spiro atoms. The first kappa shape index (κ1) is 21.2. The van der Waals surface area contributed by atoms with Crippen LogP contribution in [0.5, 0.6) is 0 Å². The average molecular weight is 287 g/mol. The Kier molecular flexibility index (Phi) is 19.1. The molecule has 20 heavy (non-hydrogen) atoms. The normalized spacial score (nSPS) is 9.55. The first-order valence-corrected chi connectivity index (χ1v) is 8.00. The SMILES string of the molecule is CCC(=O)O.CCCCCCCCCCCC(=O)NC. The van der Waals surface area contributed by atoms with Gasteiger partial charge in [0.2, 0.25) is 5.91 Å². The summed E-state index contributed by atoms with van der Waals surface area (Å²) in [6.45, 7) is 3.85. The Balaban J connectivity index is 0. The molecule has 1 amide bonds. The number of carbonyl (C=O) groups is 2. The lowest BCUT2D eigenvalue weighted by Gasteiger charge is -2.01. The van der Waals surface area contributed by atoms with Gasteiger partial charge in [-0.2, -0.15) is 0 Å². The second-order valence-corrected chi connectivity index (χ2v) is 5.00. The zero-order valence-electron chi connectivity index (χ0n) is 13.5. The van der Waals surface area contributed by atoms with E-state index in [1.54, 1.807) is 14.0 Å². The molecule has 0 aromatic carbocycles. The van der Waals surface area contributed by atoms with Crippen LogP contribution in [0, 0.1) is 0 Å². The molecule has 0 radical (unpaired) electrons. The zero-order chi connectivity index (χ0) is 15.6. The third-order valence-corrected chi connectivity index (χ3v) is 3.09. The molecule has 0 rings (SSSR count). The fraction of sp³-hybridized carbons (Fsp3) is 0.875. The Hall–Kier alpha value is -1.06. The van der Waals surface area contributed by atoms with E-state index in [1.165, 1.54) is 51.4 Å². The van der Waals surface area contributed by atoms with Gasteiger partial charge in [0.05, 0.1) is 0 Å². The van der Waals surface area contributed by atoms with Gasteiger partial charge in [0.1, 0.15) is 0 Å². The highest BCUT2D eigenvalue weighted by Crippen LogP contribution is 2.10. The van der Waals surface area contributed by atoms with Gasteiger partial charge in [0, 0.05) is 19.9 Å². The molecule has 120 valence electrons. The zero-order valence-corrected chi connectivity index (χ0v) is 13.5. The lowest BCUT2D eigenvalue weighted by molar-refractivity contribution is -0.136. The highest BCUT2D eigenvalue weighted by molar-refractivity contribution is 5.75. The van der Waals surface area contributed by atoms with Gasteiger partial charge in [-0.25, -0.2) is 0 Å². The predicted octanol–water partition coefficient (Wildman–Crippen LogP) is 4.13. The number of nitrogens with one attached hydrogen (secondary N) is 1. The highest BCUT2D eigenvalue weighted by Gasteiger charge is 1.97. The van der Waals surface area contributed by atoms with Gasteiger partial charge in [0.15, 0.2) is 0 Å². The Morgan fingerprint density at radius 1 is 0.850 bits per heavy atom. The maximum absolute atomic E-state index is 10.9. The molecule has 0 aromatic rings. The molecule has 0 heterocycles. The number of carboxylic acid groups (broad SMARTS) is 1. The second kappa shape index (κ2) is 17.9. The van der Waals surface area contributed by atoms with Crippen molar-refractivity contribution >= 4 is 11.9 Å². The van der Waals surface area contributed by atoms with Crippen LogP contribution in [0.2, 0.25) is 0 Å². The maximum Gasteiger partial charge on any atom is 0.303 e. The molecule has 0 bridgehead atoms. The van der Waals surface area contributed by atoms with Crippen molar-refractivity contribution in [2.24, 2.45) is 0 Å². The summed E-state index contributed by atoms with van der Waals surface area (Å²) in [4.78, 5) is 20.3. The molecule has 0 aliphatic rings. The minimum atomic E-state index is -0.745. The van der Waals surface area contributed by atoms with Crippen LogP contribution in [0.3, 0.4) is 0 Å². The number of rotatable bonds is 11. The van der Waals surface area contributed by atoms with Crippen LogP contribution in [-0.2, 0) is 9.59 Å². The minimum Gasteiger partial charge on any atom is -0.481 e. The van der Waals surface area contributed by atoms with E-state index in [4.69, 9.17) is 5.11 Å². The van der Waals surface area contributed by atoms with E-state index in [-0.39, 0.29) is 12.3 Å². The van der Waals surface area contributed by atoms with Crippen molar-refractivity contribution in [3.05, 3.63) is 0 Å². The maximum atomic E-state index is 10.9. The van der Waals surface area contributed by atoms with Gasteiger partial charge in [-0.3, -0.25) is 9.59 Å². The molecule has 0 aliphatic heterocycles. The summed E-state index contributed by atoms with van der Waals surface area (Å²) in [6, 6.07) is 0. The van der Waals surface area contributed by atoms with Crippen molar-refractivity contribution in [2.45, 2.75) is 84.5 Å². The largest absolute Gasteiger partial charge is 0.481 e. The summed E-state index contributed by atoms with van der Waals surface area (Å²) < 4.78 is 0. The molecule has 0 aliphatic carbocycles. The lowest BCUT2D eigenvalue weighted by atomic mass is 10.1. The van der Waals surface area contributed by atoms with E-state index in [0.717, 1.165) is 6.42 Å². The first-order valence-electron chi connectivity index (χ1n) is 8.00. The predicted molar refractivity (Wildman–Crippen MR) is 83.8 cm³/mol. The Labute approximate surface area is 124 Å². The summed E-state index contributed by atoms with van der Waals surface area (Å²) in [5.74, 6) is -0.567. The number of aliphatic carboxylic acids is 1. The summed E-state index contributed by atoms with van der Waals surface area (Å²) in [5, 5.41) is 10.4. The second-order valence-electron chi connectivity index (χ2n) is 5.00. The third-order valence-electron chi connectivity index (χ3n) is 3.09. The number of unbranched alkanes of at least 4 members (excludes halogenated alkanes) is 8. The number of carboxylic acids is 1. The van der Waals surface area contributed by atoms with Crippen LogP contribution in [0.1, 0.15) is 84.5 Å². The van der Waals surface area contributed by atoms with Crippen molar-refractivity contribution in [2.75, 3.05) is 7.05 Å². The average Bonchev–Trinajstić information content (AvgIpc) is 2.45. The van der Waals surface area contributed by atoms with Crippen LogP contribution < -0.4 is 5.32 Å². The quantitative estimate of drug-likeness (QED) is 0.561. The molecule has 2 N–H and O–H groups in total. The summed E-state index contributed by atoms with van der Waals surface area (Å²) in [5.41, 5.74) is 0. The fourth-order valence-electron chi connectivity index (χ4n) is 1.72. The topological polar surface area (TPSA) is 66.4 Å². The van der Waals surface area contributed by atoms with Crippen molar-refractivity contribution in [3.8, 4) is 0 Å². The van der Waals surface area contributed by atoms with Crippen molar-refractivity contribution in [3.63, 3.8) is 0 Å². The van der Waals surface area contributed by atoms with Gasteiger partial charge < -0.3 is 10.4 Å². The van der Waals surface area contributed by atoms with Crippen molar-refractivity contribution in [1.82, 2.24) is 5.32 Å². The van der Waals surface area contributed by atoms with Crippen molar-refractivity contribution < 1.29 is 14.7 Å². The minimum absolute atomic E-state index is 0.179. The summed E-state index contributed by atoms with van der Waals surface area (Å²) in [7, 11) is 1.70. The van der Waals surface area contributed by atoms with Gasteiger partial charge >= 0.3 is 5.97 Å². The van der Waals surface area contributed by atoms with Gasteiger partial charge in [0.25, 0.3) is 0 Å². The highest BCUT2D eigenvalue weighted by atomic mass is 16.4. The molecular formula is C16H33NO3. The molecule has 0 atom stereocenters. The van der Waals surface area contributed by atoms with E-state index in [0.29, 0.717) is 6.42 Å². The molecule has 0 saturated heterocycles. The van der Waals surface area contributed by atoms with Crippen molar-refractivity contribution in [1.29, 1.82) is 0 Å². The monoisotopic (exact) mass is 287 g/mol. The van der Waals surface area contributed by atoms with Gasteiger partial charge in [-0.05, 0) is 6.42 Å². The number of hydrogen-bond donors (Lipinski definition) is 2. The molecule has 0 unspecified atom stereocenters. The van der Waals surface area contributed by atoms with E-state index < -0.39 is 5.97 Å². The van der Waals surface area contributed by atoms with E-state index >= 15 is 0 Å². The third kappa shape index (κ3) is 22.1. The Morgan fingerprint density at radius 2 is 1.25 bits per heavy atom.